The summed E-state index contributed by atoms with van der Waals surface area (Å²) >= 11 is 0. The van der Waals surface area contributed by atoms with Crippen LogP contribution < -0.4 is 4.74 Å². The molecule has 1 aliphatic heterocycles. The molecule has 0 aliphatic carbocycles. The van der Waals surface area contributed by atoms with Gasteiger partial charge in [0.2, 0.25) is 5.91 Å². The minimum Gasteiger partial charge on any atom is -0.508 e. The topological polar surface area (TPSA) is 117 Å². The van der Waals surface area contributed by atoms with E-state index in [1.165, 1.54) is 24.3 Å². The lowest BCUT2D eigenvalue weighted by Gasteiger charge is -2.38. The molecular formula is C34H29NO7. The van der Waals surface area contributed by atoms with E-state index < -0.39 is 18.2 Å². The molecule has 4 aromatic carbocycles. The van der Waals surface area contributed by atoms with Crippen LogP contribution in [0.25, 0.3) is 12.2 Å². The first-order valence-corrected chi connectivity index (χ1v) is 13.3. The number of hydrogen-bond donors (Lipinski definition) is 3. The largest absolute Gasteiger partial charge is 0.508 e. The first-order valence-electron chi connectivity index (χ1n) is 13.3. The van der Waals surface area contributed by atoms with E-state index >= 15 is 0 Å². The van der Waals surface area contributed by atoms with Crippen LogP contribution in [0, 0.1) is 0 Å². The number of phenolic OH excluding ortho intramolecular Hbond substituents is 3. The number of aromatic hydroxyl groups is 3. The molecule has 1 heterocycles. The van der Waals surface area contributed by atoms with E-state index in [0.717, 1.165) is 22.3 Å². The average Bonchev–Trinajstić information content (AvgIpc) is 3.01. The Labute approximate surface area is 243 Å². The van der Waals surface area contributed by atoms with Crippen molar-refractivity contribution >= 4 is 24.0 Å². The van der Waals surface area contributed by atoms with E-state index in [1.54, 1.807) is 102 Å². The van der Waals surface area contributed by atoms with Crippen LogP contribution >= 0.6 is 0 Å². The molecule has 0 spiro atoms. The van der Waals surface area contributed by atoms with E-state index in [2.05, 4.69) is 0 Å². The third-order valence-electron chi connectivity index (χ3n) is 6.76. The summed E-state index contributed by atoms with van der Waals surface area (Å²) in [5.74, 6) is 0.0622. The maximum absolute atomic E-state index is 13.3. The zero-order chi connectivity index (χ0) is 29.5. The quantitative estimate of drug-likeness (QED) is 0.148. The highest BCUT2D eigenvalue weighted by Gasteiger charge is 2.31. The second-order valence-electron chi connectivity index (χ2n) is 9.79. The molecule has 1 saturated heterocycles. The van der Waals surface area contributed by atoms with Crippen LogP contribution in [-0.2, 0) is 14.3 Å². The summed E-state index contributed by atoms with van der Waals surface area (Å²) in [6.07, 6.45) is 5.26. The van der Waals surface area contributed by atoms with Gasteiger partial charge in [-0.3, -0.25) is 4.79 Å². The van der Waals surface area contributed by atoms with E-state index in [1.807, 2.05) is 0 Å². The molecule has 1 aliphatic rings. The van der Waals surface area contributed by atoms with Crippen LogP contribution in [0.3, 0.4) is 0 Å². The Bertz CT molecular complexity index is 1520. The minimum atomic E-state index is -0.541. The fraction of sp³-hybridized carbons (Fsp3) is 0.118. The van der Waals surface area contributed by atoms with Crippen LogP contribution in [0.4, 0.5) is 0 Å². The second-order valence-corrected chi connectivity index (χ2v) is 9.79. The van der Waals surface area contributed by atoms with Crippen LogP contribution in [0.15, 0.2) is 109 Å². The van der Waals surface area contributed by atoms with Crippen molar-refractivity contribution in [3.63, 3.8) is 0 Å². The molecule has 0 aromatic heterocycles. The number of phenols is 3. The SMILES string of the molecule is O=C(C=Cc1ccc(O)cc1)Oc1ccc(C=CC(=O)N2CC(c3ccc(O)cc3)OC(c3ccc(O)cc3)C2)cc1. The lowest BCUT2D eigenvalue weighted by Crippen LogP contribution is -2.43. The maximum Gasteiger partial charge on any atom is 0.336 e. The number of morpholine rings is 1. The lowest BCUT2D eigenvalue weighted by atomic mass is 10.0. The molecule has 2 unspecified atom stereocenters. The van der Waals surface area contributed by atoms with Crippen molar-refractivity contribution in [3.05, 3.63) is 131 Å². The number of esters is 1. The molecule has 0 radical (unpaired) electrons. The fourth-order valence-electron chi connectivity index (χ4n) is 4.50. The lowest BCUT2D eigenvalue weighted by molar-refractivity contribution is -0.141. The molecule has 2 atom stereocenters. The van der Waals surface area contributed by atoms with Crippen molar-refractivity contribution in [3.8, 4) is 23.0 Å². The average molecular weight is 564 g/mol. The number of carbonyl (C=O) groups is 2. The van der Waals surface area contributed by atoms with Gasteiger partial charge in [0.15, 0.2) is 0 Å². The van der Waals surface area contributed by atoms with E-state index in [9.17, 15) is 24.9 Å². The Hall–Kier alpha value is -5.34. The van der Waals surface area contributed by atoms with Gasteiger partial charge in [-0.25, -0.2) is 4.79 Å². The third-order valence-corrected chi connectivity index (χ3v) is 6.76. The smallest absolute Gasteiger partial charge is 0.336 e. The zero-order valence-electron chi connectivity index (χ0n) is 22.5. The van der Waals surface area contributed by atoms with Gasteiger partial charge in [0.1, 0.15) is 35.2 Å². The molecule has 42 heavy (non-hydrogen) atoms. The predicted molar refractivity (Wildman–Crippen MR) is 158 cm³/mol. The summed E-state index contributed by atoms with van der Waals surface area (Å²) in [6, 6.07) is 26.6. The number of carbonyl (C=O) groups excluding carboxylic acids is 2. The third kappa shape index (κ3) is 7.44. The summed E-state index contributed by atoms with van der Waals surface area (Å²) in [6.45, 7) is 0.657. The second kappa shape index (κ2) is 12.9. The molecule has 8 heteroatoms. The molecule has 3 N–H and O–H groups in total. The number of rotatable bonds is 7. The summed E-state index contributed by atoms with van der Waals surface area (Å²) in [5, 5.41) is 28.7. The molecular weight excluding hydrogens is 534 g/mol. The Morgan fingerprint density at radius 1 is 0.643 bits per heavy atom. The van der Waals surface area contributed by atoms with Gasteiger partial charge >= 0.3 is 5.97 Å². The first kappa shape index (κ1) is 28.2. The molecule has 1 fully saturated rings. The van der Waals surface area contributed by atoms with Gasteiger partial charge in [0.25, 0.3) is 0 Å². The van der Waals surface area contributed by atoms with E-state index in [4.69, 9.17) is 9.47 Å². The van der Waals surface area contributed by atoms with Crippen molar-refractivity contribution in [2.45, 2.75) is 12.2 Å². The van der Waals surface area contributed by atoms with Gasteiger partial charge in [0, 0.05) is 12.2 Å². The minimum absolute atomic E-state index is 0.145. The van der Waals surface area contributed by atoms with Crippen LogP contribution in [0.1, 0.15) is 34.5 Å². The van der Waals surface area contributed by atoms with Crippen LogP contribution in [0.2, 0.25) is 0 Å². The number of benzene rings is 4. The highest BCUT2D eigenvalue weighted by atomic mass is 16.5. The van der Waals surface area contributed by atoms with Crippen molar-refractivity contribution in [2.24, 2.45) is 0 Å². The Balaban J connectivity index is 1.23. The normalized spacial score (nSPS) is 17.0. The molecule has 0 bridgehead atoms. The Morgan fingerprint density at radius 3 is 1.57 bits per heavy atom. The molecule has 0 saturated carbocycles. The summed E-state index contributed by atoms with van der Waals surface area (Å²) in [7, 11) is 0. The van der Waals surface area contributed by atoms with E-state index in [0.29, 0.717) is 18.8 Å². The zero-order valence-corrected chi connectivity index (χ0v) is 22.5. The summed E-state index contributed by atoms with van der Waals surface area (Å²) in [5.41, 5.74) is 3.17. The van der Waals surface area contributed by atoms with Crippen molar-refractivity contribution in [2.75, 3.05) is 13.1 Å². The van der Waals surface area contributed by atoms with Gasteiger partial charge in [-0.05, 0) is 82.9 Å². The number of ether oxygens (including phenoxy) is 2. The van der Waals surface area contributed by atoms with Crippen LogP contribution in [-0.4, -0.2) is 45.2 Å². The van der Waals surface area contributed by atoms with Crippen LogP contribution in [0.5, 0.6) is 23.0 Å². The van der Waals surface area contributed by atoms with Gasteiger partial charge in [0.05, 0.1) is 13.1 Å². The van der Waals surface area contributed by atoms with Crippen molar-refractivity contribution in [1.82, 2.24) is 4.90 Å². The fourth-order valence-corrected chi connectivity index (χ4v) is 4.50. The van der Waals surface area contributed by atoms with Gasteiger partial charge in [-0.15, -0.1) is 0 Å². The molecule has 4 aromatic rings. The number of nitrogens with zero attached hydrogens (tertiary/aromatic N) is 1. The Morgan fingerprint density at radius 2 is 1.07 bits per heavy atom. The molecule has 212 valence electrons. The van der Waals surface area contributed by atoms with E-state index in [-0.39, 0.29) is 23.2 Å². The van der Waals surface area contributed by atoms with Gasteiger partial charge in [-0.2, -0.15) is 0 Å². The highest BCUT2D eigenvalue weighted by molar-refractivity contribution is 5.92. The highest BCUT2D eigenvalue weighted by Crippen LogP contribution is 2.34. The van der Waals surface area contributed by atoms with Crippen molar-refractivity contribution < 1.29 is 34.4 Å². The monoisotopic (exact) mass is 563 g/mol. The molecule has 5 rings (SSSR count). The van der Waals surface area contributed by atoms with Gasteiger partial charge < -0.3 is 29.7 Å². The summed E-state index contributed by atoms with van der Waals surface area (Å²) < 4.78 is 11.7. The molecule has 1 amide bonds. The molecule has 8 nitrogen and oxygen atoms in total. The van der Waals surface area contributed by atoms with Gasteiger partial charge in [-0.1, -0.05) is 48.5 Å². The number of hydrogen-bond acceptors (Lipinski definition) is 7. The maximum atomic E-state index is 13.3. The number of amides is 1. The van der Waals surface area contributed by atoms with Crippen molar-refractivity contribution in [1.29, 1.82) is 0 Å². The Kier molecular flexibility index (Phi) is 8.65. The predicted octanol–water partition coefficient (Wildman–Crippen LogP) is 5.78. The summed E-state index contributed by atoms with van der Waals surface area (Å²) in [4.78, 5) is 27.1. The standard InChI is InChI=1S/C34H29NO7/c36-27-11-1-23(2-12-27)6-20-34(40)41-30-17-3-24(4-18-30)5-19-33(39)35-21-31(25-7-13-28(37)14-8-25)42-32(22-35)26-9-15-29(38)16-10-26/h1-20,31-32,36-38H,21-22H2. The first-order chi connectivity index (χ1) is 20.3.